The summed E-state index contributed by atoms with van der Waals surface area (Å²) in [5.41, 5.74) is 2.88. The molecule has 0 saturated heterocycles. The highest BCUT2D eigenvalue weighted by Crippen LogP contribution is 2.36. The molecule has 0 spiro atoms. The molecule has 5 aromatic rings. The number of rotatable bonds is 4. The molecule has 0 fully saturated rings. The van der Waals surface area contributed by atoms with Gasteiger partial charge in [0.05, 0.1) is 12.2 Å². The van der Waals surface area contributed by atoms with Crippen molar-refractivity contribution >= 4 is 21.9 Å². The average Bonchev–Trinajstić information content (AvgIpc) is 3.13. The zero-order chi connectivity index (χ0) is 19.8. The van der Waals surface area contributed by atoms with E-state index >= 15 is 0 Å². The number of ether oxygens (including phenoxy) is 1. The van der Waals surface area contributed by atoms with Crippen LogP contribution in [0.25, 0.3) is 44.7 Å². The number of aromatic hydroxyl groups is 1. The minimum Gasteiger partial charge on any atom is -0.507 e. The molecule has 3 aromatic carbocycles. The van der Waals surface area contributed by atoms with Gasteiger partial charge < -0.3 is 14.3 Å². The van der Waals surface area contributed by atoms with E-state index in [1.807, 2.05) is 55.5 Å². The SMILES string of the molecule is CCOc1nc(-c2ccccc2O)nc(-c2cccc3oc4ccccc4c23)n1. The van der Waals surface area contributed by atoms with Crippen molar-refractivity contribution in [1.82, 2.24) is 15.0 Å². The quantitative estimate of drug-likeness (QED) is 0.459. The topological polar surface area (TPSA) is 81.3 Å². The Bertz CT molecular complexity index is 1340. The lowest BCUT2D eigenvalue weighted by molar-refractivity contribution is 0.312. The first-order chi connectivity index (χ1) is 14.2. The summed E-state index contributed by atoms with van der Waals surface area (Å²) in [4.78, 5) is 13.5. The summed E-state index contributed by atoms with van der Waals surface area (Å²) in [5, 5.41) is 12.2. The monoisotopic (exact) mass is 383 g/mol. The molecule has 0 aliphatic carbocycles. The molecular weight excluding hydrogens is 366 g/mol. The minimum atomic E-state index is 0.0964. The van der Waals surface area contributed by atoms with Crippen LogP contribution in [0.15, 0.2) is 71.1 Å². The highest BCUT2D eigenvalue weighted by molar-refractivity contribution is 6.11. The molecular formula is C23H17N3O3. The molecule has 142 valence electrons. The van der Waals surface area contributed by atoms with E-state index < -0.39 is 0 Å². The highest BCUT2D eigenvalue weighted by atomic mass is 16.5. The van der Waals surface area contributed by atoms with Crippen molar-refractivity contribution in [1.29, 1.82) is 0 Å². The first-order valence-corrected chi connectivity index (χ1v) is 9.32. The van der Waals surface area contributed by atoms with Crippen LogP contribution in [0.2, 0.25) is 0 Å². The Morgan fingerprint density at radius 3 is 2.31 bits per heavy atom. The van der Waals surface area contributed by atoms with E-state index in [1.54, 1.807) is 18.2 Å². The van der Waals surface area contributed by atoms with E-state index in [9.17, 15) is 5.11 Å². The number of nitrogens with zero attached hydrogens (tertiary/aromatic N) is 3. The number of hydrogen-bond acceptors (Lipinski definition) is 6. The van der Waals surface area contributed by atoms with Gasteiger partial charge in [-0.05, 0) is 31.2 Å². The second kappa shape index (κ2) is 6.91. The third-order valence-electron chi connectivity index (χ3n) is 4.68. The van der Waals surface area contributed by atoms with E-state index in [4.69, 9.17) is 9.15 Å². The van der Waals surface area contributed by atoms with Crippen LogP contribution in [0.3, 0.4) is 0 Å². The molecule has 0 radical (unpaired) electrons. The maximum atomic E-state index is 10.3. The fraction of sp³-hybridized carbons (Fsp3) is 0.0870. The van der Waals surface area contributed by atoms with Gasteiger partial charge in [0, 0.05) is 16.3 Å². The van der Waals surface area contributed by atoms with Crippen molar-refractivity contribution in [2.45, 2.75) is 6.92 Å². The molecule has 29 heavy (non-hydrogen) atoms. The number of para-hydroxylation sites is 2. The lowest BCUT2D eigenvalue weighted by Crippen LogP contribution is -2.03. The molecule has 6 nitrogen and oxygen atoms in total. The van der Waals surface area contributed by atoms with Gasteiger partial charge in [-0.3, -0.25) is 0 Å². The second-order valence-corrected chi connectivity index (χ2v) is 6.49. The van der Waals surface area contributed by atoms with Crippen LogP contribution >= 0.6 is 0 Å². The lowest BCUT2D eigenvalue weighted by atomic mass is 10.1. The first-order valence-electron chi connectivity index (χ1n) is 9.32. The minimum absolute atomic E-state index is 0.0964. The van der Waals surface area contributed by atoms with Gasteiger partial charge in [-0.1, -0.05) is 42.5 Å². The van der Waals surface area contributed by atoms with Crippen molar-refractivity contribution < 1.29 is 14.3 Å². The maximum Gasteiger partial charge on any atom is 0.320 e. The first kappa shape index (κ1) is 17.2. The zero-order valence-corrected chi connectivity index (χ0v) is 15.7. The van der Waals surface area contributed by atoms with Gasteiger partial charge in [0.1, 0.15) is 16.9 Å². The number of hydrogen-bond donors (Lipinski definition) is 1. The fourth-order valence-corrected chi connectivity index (χ4v) is 3.41. The average molecular weight is 383 g/mol. The molecule has 0 atom stereocenters. The molecule has 0 saturated carbocycles. The summed E-state index contributed by atoms with van der Waals surface area (Å²) < 4.78 is 11.6. The molecule has 0 unspecified atom stereocenters. The van der Waals surface area contributed by atoms with Crippen LogP contribution in [-0.4, -0.2) is 26.7 Å². The smallest absolute Gasteiger partial charge is 0.320 e. The van der Waals surface area contributed by atoms with E-state index in [-0.39, 0.29) is 11.8 Å². The van der Waals surface area contributed by atoms with Crippen LogP contribution < -0.4 is 4.74 Å². The fourth-order valence-electron chi connectivity index (χ4n) is 3.41. The molecule has 0 aliphatic heterocycles. The summed E-state index contributed by atoms with van der Waals surface area (Å²) in [7, 11) is 0. The molecule has 0 aliphatic rings. The van der Waals surface area contributed by atoms with E-state index in [0.29, 0.717) is 23.8 Å². The molecule has 6 heteroatoms. The highest BCUT2D eigenvalue weighted by Gasteiger charge is 2.18. The number of benzene rings is 3. The summed E-state index contributed by atoms with van der Waals surface area (Å²) >= 11 is 0. The Balaban J connectivity index is 1.79. The number of furan rings is 1. The van der Waals surface area contributed by atoms with Crippen molar-refractivity contribution in [2.24, 2.45) is 0 Å². The normalized spacial score (nSPS) is 11.2. The zero-order valence-electron chi connectivity index (χ0n) is 15.7. The third kappa shape index (κ3) is 2.95. The third-order valence-corrected chi connectivity index (χ3v) is 4.68. The van der Waals surface area contributed by atoms with Crippen LogP contribution in [0.4, 0.5) is 0 Å². The number of aromatic nitrogens is 3. The van der Waals surface area contributed by atoms with Gasteiger partial charge in [-0.25, -0.2) is 4.98 Å². The van der Waals surface area contributed by atoms with Crippen LogP contribution in [-0.2, 0) is 0 Å². The van der Waals surface area contributed by atoms with E-state index in [2.05, 4.69) is 15.0 Å². The van der Waals surface area contributed by atoms with Crippen molar-refractivity contribution in [3.05, 3.63) is 66.7 Å². The summed E-state index contributed by atoms with van der Waals surface area (Å²) in [6.07, 6.45) is 0. The number of fused-ring (bicyclic) bond motifs is 3. The van der Waals surface area contributed by atoms with Crippen molar-refractivity contribution in [3.8, 4) is 34.5 Å². The molecule has 1 N–H and O–H groups in total. The van der Waals surface area contributed by atoms with Gasteiger partial charge in [0.25, 0.3) is 0 Å². The summed E-state index contributed by atoms with van der Waals surface area (Å²) in [6, 6.07) is 20.8. The van der Waals surface area contributed by atoms with Crippen molar-refractivity contribution in [2.75, 3.05) is 6.61 Å². The largest absolute Gasteiger partial charge is 0.507 e. The van der Waals surface area contributed by atoms with Gasteiger partial charge >= 0.3 is 6.01 Å². The molecule has 0 bridgehead atoms. The number of phenols is 1. The van der Waals surface area contributed by atoms with Crippen LogP contribution in [0.1, 0.15) is 6.92 Å². The van der Waals surface area contributed by atoms with E-state index in [1.165, 1.54) is 0 Å². The Morgan fingerprint density at radius 2 is 1.48 bits per heavy atom. The van der Waals surface area contributed by atoms with Crippen LogP contribution in [0, 0.1) is 0 Å². The van der Waals surface area contributed by atoms with Gasteiger partial charge in [0.2, 0.25) is 0 Å². The Labute approximate surface area is 166 Å². The van der Waals surface area contributed by atoms with Crippen LogP contribution in [0.5, 0.6) is 11.8 Å². The van der Waals surface area contributed by atoms with Gasteiger partial charge in [0.15, 0.2) is 11.6 Å². The second-order valence-electron chi connectivity index (χ2n) is 6.49. The summed E-state index contributed by atoms with van der Waals surface area (Å²) in [6.45, 7) is 2.29. The predicted molar refractivity (Wildman–Crippen MR) is 111 cm³/mol. The molecule has 2 heterocycles. The number of phenolic OH excluding ortho intramolecular Hbond substituents is 1. The molecule has 2 aromatic heterocycles. The van der Waals surface area contributed by atoms with Crippen molar-refractivity contribution in [3.63, 3.8) is 0 Å². The molecule has 5 rings (SSSR count). The maximum absolute atomic E-state index is 10.3. The summed E-state index contributed by atoms with van der Waals surface area (Å²) in [5.74, 6) is 0.902. The van der Waals surface area contributed by atoms with E-state index in [0.717, 1.165) is 27.5 Å². The Kier molecular flexibility index (Phi) is 4.09. The Morgan fingerprint density at radius 1 is 0.793 bits per heavy atom. The molecule has 0 amide bonds. The predicted octanol–water partition coefficient (Wildman–Crippen LogP) is 5.21. The Hall–Kier alpha value is -3.93. The van der Waals surface area contributed by atoms with Gasteiger partial charge in [-0.15, -0.1) is 0 Å². The lowest BCUT2D eigenvalue weighted by Gasteiger charge is -2.09. The van der Waals surface area contributed by atoms with Gasteiger partial charge in [-0.2, -0.15) is 9.97 Å². The standard InChI is InChI=1S/C23H17N3O3/c1-2-28-23-25-21(14-8-3-5-11-17(14)27)24-22(26-23)16-10-7-13-19-20(16)15-9-4-6-12-18(15)29-19/h3-13,27H,2H2,1H3.